The van der Waals surface area contributed by atoms with E-state index >= 15 is 0 Å². The quantitative estimate of drug-likeness (QED) is 0.722. The molecule has 2 heterocycles. The Hall–Kier alpha value is -2.40. The van der Waals surface area contributed by atoms with Gasteiger partial charge < -0.3 is 5.32 Å². The van der Waals surface area contributed by atoms with Gasteiger partial charge in [-0.25, -0.2) is 9.97 Å². The maximum Gasteiger partial charge on any atom is 0.224 e. The van der Waals surface area contributed by atoms with Gasteiger partial charge in [0.2, 0.25) is 5.28 Å². The minimum Gasteiger partial charge on any atom is -0.323 e. The fourth-order valence-electron chi connectivity index (χ4n) is 1.80. The van der Waals surface area contributed by atoms with Crippen molar-refractivity contribution in [2.24, 2.45) is 0 Å². The summed E-state index contributed by atoms with van der Waals surface area (Å²) < 4.78 is 0. The number of anilines is 2. The van der Waals surface area contributed by atoms with Gasteiger partial charge in [0.25, 0.3) is 0 Å². The van der Waals surface area contributed by atoms with Crippen molar-refractivity contribution in [3.63, 3.8) is 0 Å². The van der Waals surface area contributed by atoms with Crippen LogP contribution in [-0.2, 0) is 0 Å². The molecular formula is C14H12ClN5. The van der Waals surface area contributed by atoms with Crippen LogP contribution in [-0.4, -0.2) is 20.2 Å². The van der Waals surface area contributed by atoms with Crippen LogP contribution in [0.25, 0.3) is 11.3 Å². The zero-order chi connectivity index (χ0) is 13.9. The van der Waals surface area contributed by atoms with Crippen LogP contribution in [0.15, 0.2) is 42.6 Å². The molecule has 0 saturated carbocycles. The summed E-state index contributed by atoms with van der Waals surface area (Å²) >= 11 is 5.74. The summed E-state index contributed by atoms with van der Waals surface area (Å²) in [5, 5.41) is 10.5. The number of aryl methyl sites for hydroxylation is 1. The Kier molecular flexibility index (Phi) is 3.35. The van der Waals surface area contributed by atoms with E-state index in [0.29, 0.717) is 11.6 Å². The molecule has 5 nitrogen and oxygen atoms in total. The number of H-pyrrole nitrogens is 1. The van der Waals surface area contributed by atoms with Crippen LogP contribution >= 0.6 is 11.6 Å². The highest BCUT2D eigenvalue weighted by Crippen LogP contribution is 2.21. The first-order valence-corrected chi connectivity index (χ1v) is 6.46. The molecule has 0 amide bonds. The second kappa shape index (κ2) is 5.30. The van der Waals surface area contributed by atoms with E-state index in [1.807, 2.05) is 18.2 Å². The molecule has 2 N–H and O–H groups in total. The first-order chi connectivity index (χ1) is 9.70. The number of aromatic nitrogens is 4. The van der Waals surface area contributed by atoms with Gasteiger partial charge in [0, 0.05) is 12.3 Å². The number of hydrogen-bond donors (Lipinski definition) is 2. The fourth-order valence-corrected chi connectivity index (χ4v) is 1.95. The maximum atomic E-state index is 5.74. The summed E-state index contributed by atoms with van der Waals surface area (Å²) in [5.41, 5.74) is 3.24. The molecular weight excluding hydrogens is 274 g/mol. The van der Waals surface area contributed by atoms with E-state index in [0.717, 1.165) is 11.3 Å². The molecule has 0 saturated heterocycles. The molecule has 1 aromatic carbocycles. The number of halogens is 1. The van der Waals surface area contributed by atoms with Crippen LogP contribution < -0.4 is 5.32 Å². The second-order valence-corrected chi connectivity index (χ2v) is 4.71. The molecule has 0 bridgehead atoms. The maximum absolute atomic E-state index is 5.74. The Bertz CT molecular complexity index is 720. The normalized spacial score (nSPS) is 10.5. The molecule has 0 unspecified atom stereocenters. The van der Waals surface area contributed by atoms with Gasteiger partial charge in [-0.2, -0.15) is 5.10 Å². The standard InChI is InChI=1S/C14H12ClN5/c1-9-2-4-10(5-3-9)11-8-13(20-19-11)17-12-6-7-16-14(15)18-12/h2-8H,1H3,(H2,16,17,18,19,20). The summed E-state index contributed by atoms with van der Waals surface area (Å²) in [6, 6.07) is 11.9. The SMILES string of the molecule is Cc1ccc(-c2cc(Nc3ccnc(Cl)n3)n[nH]2)cc1. The Labute approximate surface area is 121 Å². The predicted octanol–water partition coefficient (Wildman–Crippen LogP) is 3.57. The average molecular weight is 286 g/mol. The molecule has 0 aliphatic rings. The zero-order valence-electron chi connectivity index (χ0n) is 10.8. The fraction of sp³-hybridized carbons (Fsp3) is 0.0714. The number of rotatable bonds is 3. The van der Waals surface area contributed by atoms with Gasteiger partial charge in [0.15, 0.2) is 5.82 Å². The van der Waals surface area contributed by atoms with Crippen LogP contribution in [0.3, 0.4) is 0 Å². The molecule has 0 fully saturated rings. The lowest BCUT2D eigenvalue weighted by Gasteiger charge is -2.00. The van der Waals surface area contributed by atoms with Gasteiger partial charge in [-0.1, -0.05) is 29.8 Å². The van der Waals surface area contributed by atoms with Gasteiger partial charge in [0.05, 0.1) is 5.69 Å². The summed E-state index contributed by atoms with van der Waals surface area (Å²) in [6.07, 6.45) is 1.59. The second-order valence-electron chi connectivity index (χ2n) is 4.37. The van der Waals surface area contributed by atoms with Crippen LogP contribution in [0.2, 0.25) is 5.28 Å². The molecule has 0 aliphatic heterocycles. The molecule has 100 valence electrons. The lowest BCUT2D eigenvalue weighted by molar-refractivity contribution is 1.09. The molecule has 0 radical (unpaired) electrons. The van der Waals surface area contributed by atoms with E-state index in [-0.39, 0.29) is 5.28 Å². The third kappa shape index (κ3) is 2.78. The Balaban J connectivity index is 1.82. The average Bonchev–Trinajstić information content (AvgIpc) is 2.88. The van der Waals surface area contributed by atoms with Gasteiger partial charge in [0.1, 0.15) is 5.82 Å². The smallest absolute Gasteiger partial charge is 0.224 e. The predicted molar refractivity (Wildman–Crippen MR) is 79.1 cm³/mol. The third-order valence-corrected chi connectivity index (χ3v) is 3.00. The van der Waals surface area contributed by atoms with Gasteiger partial charge in [-0.3, -0.25) is 5.10 Å². The monoisotopic (exact) mass is 285 g/mol. The molecule has 0 atom stereocenters. The number of benzene rings is 1. The van der Waals surface area contributed by atoms with Crippen molar-refractivity contribution >= 4 is 23.2 Å². The molecule has 2 aromatic heterocycles. The van der Waals surface area contributed by atoms with Gasteiger partial charge in [-0.15, -0.1) is 0 Å². The molecule has 3 aromatic rings. The first kappa shape index (κ1) is 12.6. The molecule has 3 rings (SSSR count). The first-order valence-electron chi connectivity index (χ1n) is 6.09. The zero-order valence-corrected chi connectivity index (χ0v) is 11.5. The summed E-state index contributed by atoms with van der Waals surface area (Å²) in [6.45, 7) is 2.06. The Morgan fingerprint density at radius 3 is 2.65 bits per heavy atom. The lowest BCUT2D eigenvalue weighted by Crippen LogP contribution is -1.94. The topological polar surface area (TPSA) is 66.5 Å². The van der Waals surface area contributed by atoms with Crippen LogP contribution in [0.1, 0.15) is 5.56 Å². The van der Waals surface area contributed by atoms with Crippen LogP contribution in [0.4, 0.5) is 11.6 Å². The van der Waals surface area contributed by atoms with Crippen molar-refractivity contribution in [3.05, 3.63) is 53.4 Å². The van der Waals surface area contributed by atoms with E-state index in [9.17, 15) is 0 Å². The van der Waals surface area contributed by atoms with Crippen molar-refractivity contribution in [1.29, 1.82) is 0 Å². The molecule has 20 heavy (non-hydrogen) atoms. The van der Waals surface area contributed by atoms with E-state index in [2.05, 4.69) is 44.5 Å². The largest absolute Gasteiger partial charge is 0.323 e. The number of nitrogens with zero attached hydrogens (tertiary/aromatic N) is 3. The number of nitrogens with one attached hydrogen (secondary N) is 2. The highest BCUT2D eigenvalue weighted by molar-refractivity contribution is 6.28. The van der Waals surface area contributed by atoms with Crippen molar-refractivity contribution in [3.8, 4) is 11.3 Å². The van der Waals surface area contributed by atoms with E-state index in [4.69, 9.17) is 11.6 Å². The van der Waals surface area contributed by atoms with Crippen LogP contribution in [0, 0.1) is 6.92 Å². The van der Waals surface area contributed by atoms with E-state index in [1.165, 1.54) is 5.56 Å². The summed E-state index contributed by atoms with van der Waals surface area (Å²) in [4.78, 5) is 7.88. The van der Waals surface area contributed by atoms with Crippen molar-refractivity contribution in [2.75, 3.05) is 5.32 Å². The number of aromatic amines is 1. The van der Waals surface area contributed by atoms with Crippen LogP contribution in [0.5, 0.6) is 0 Å². The molecule has 6 heteroatoms. The lowest BCUT2D eigenvalue weighted by atomic mass is 10.1. The van der Waals surface area contributed by atoms with E-state index in [1.54, 1.807) is 12.3 Å². The highest BCUT2D eigenvalue weighted by Gasteiger charge is 2.05. The molecule has 0 aliphatic carbocycles. The molecule has 0 spiro atoms. The minimum absolute atomic E-state index is 0.198. The highest BCUT2D eigenvalue weighted by atomic mass is 35.5. The third-order valence-electron chi connectivity index (χ3n) is 2.82. The Morgan fingerprint density at radius 2 is 1.90 bits per heavy atom. The summed E-state index contributed by atoms with van der Waals surface area (Å²) in [5.74, 6) is 1.28. The minimum atomic E-state index is 0.198. The van der Waals surface area contributed by atoms with E-state index < -0.39 is 0 Å². The summed E-state index contributed by atoms with van der Waals surface area (Å²) in [7, 11) is 0. The van der Waals surface area contributed by atoms with Crippen molar-refractivity contribution < 1.29 is 0 Å². The Morgan fingerprint density at radius 1 is 1.10 bits per heavy atom. The van der Waals surface area contributed by atoms with Crippen molar-refractivity contribution in [2.45, 2.75) is 6.92 Å². The van der Waals surface area contributed by atoms with Crippen molar-refractivity contribution in [1.82, 2.24) is 20.2 Å². The van der Waals surface area contributed by atoms with Gasteiger partial charge in [-0.05, 0) is 30.2 Å². The number of hydrogen-bond acceptors (Lipinski definition) is 4. The van der Waals surface area contributed by atoms with Gasteiger partial charge >= 0.3 is 0 Å².